The summed E-state index contributed by atoms with van der Waals surface area (Å²) in [4.78, 5) is 34.3. The molecule has 2 atom stereocenters. The smallest absolute Gasteiger partial charge is 0.407 e. The Balaban J connectivity index is 1.62. The van der Waals surface area contributed by atoms with Crippen molar-refractivity contribution in [3.8, 4) is 5.69 Å². The third-order valence-electron chi connectivity index (χ3n) is 6.05. The molecule has 15 heteroatoms. The number of nitrogens with zero attached hydrogens (tertiary/aromatic N) is 5. The second kappa shape index (κ2) is 11.0. The van der Waals surface area contributed by atoms with Crippen molar-refractivity contribution in [2.75, 3.05) is 10.6 Å². The largest absolute Gasteiger partial charge is 0.444 e. The molecule has 3 aromatic heterocycles. The maximum atomic E-state index is 15.1. The summed E-state index contributed by atoms with van der Waals surface area (Å²) < 4.78 is 48.8. The van der Waals surface area contributed by atoms with Gasteiger partial charge in [0.25, 0.3) is 5.91 Å². The minimum absolute atomic E-state index is 0.0979. The lowest BCUT2D eigenvalue weighted by molar-refractivity contribution is -0.0476. The van der Waals surface area contributed by atoms with E-state index in [1.54, 1.807) is 33.8 Å². The van der Waals surface area contributed by atoms with Gasteiger partial charge in [0.2, 0.25) is 5.92 Å². The third kappa shape index (κ3) is 6.95. The highest BCUT2D eigenvalue weighted by molar-refractivity contribution is 5.98. The highest BCUT2D eigenvalue weighted by Crippen LogP contribution is 2.35. The second-order valence-corrected chi connectivity index (χ2v) is 10.5. The van der Waals surface area contributed by atoms with Crippen molar-refractivity contribution >= 4 is 29.3 Å². The van der Waals surface area contributed by atoms with E-state index in [1.807, 2.05) is 0 Å². The maximum absolute atomic E-state index is 15.1. The quantitative estimate of drug-likeness (QED) is 0.336. The van der Waals surface area contributed by atoms with E-state index in [0.29, 0.717) is 17.1 Å². The number of alkyl carbamates (subject to hydrolysis) is 1. The number of pyridine rings is 2. The number of aryl methyl sites for hydroxylation is 1. The lowest BCUT2D eigenvalue weighted by atomic mass is 9.87. The van der Waals surface area contributed by atoms with Crippen molar-refractivity contribution in [1.82, 2.24) is 30.3 Å². The molecule has 3 heterocycles. The molecule has 4 rings (SSSR count). The van der Waals surface area contributed by atoms with Crippen LogP contribution in [-0.4, -0.2) is 60.6 Å². The predicted molar refractivity (Wildman–Crippen MR) is 139 cm³/mol. The van der Waals surface area contributed by atoms with Crippen LogP contribution in [0.4, 0.5) is 35.3 Å². The first-order chi connectivity index (χ1) is 18.7. The zero-order valence-electron chi connectivity index (χ0n) is 22.3. The zero-order valence-corrected chi connectivity index (χ0v) is 22.3. The first-order valence-electron chi connectivity index (χ1n) is 12.5. The van der Waals surface area contributed by atoms with Crippen LogP contribution >= 0.6 is 0 Å². The minimum atomic E-state index is -3.04. The summed E-state index contributed by atoms with van der Waals surface area (Å²) in [6.07, 6.45) is 2.31. The molecule has 1 fully saturated rings. The van der Waals surface area contributed by atoms with Gasteiger partial charge in [-0.25, -0.2) is 22.9 Å². The molecule has 214 valence electrons. The number of hydrogen-bond acceptors (Lipinski definition) is 9. The first-order valence-corrected chi connectivity index (χ1v) is 12.5. The number of hydrogen-bond donors (Lipinski definition) is 4. The fraction of sp³-hybridized carbons (Fsp3) is 0.440. The van der Waals surface area contributed by atoms with Crippen LogP contribution in [0.5, 0.6) is 0 Å². The Hall–Kier alpha value is -4.43. The lowest BCUT2D eigenvalue weighted by Crippen LogP contribution is -2.54. The Labute approximate surface area is 227 Å². The molecule has 1 saturated carbocycles. The molecular formula is C25H30F3N9O3. The summed E-state index contributed by atoms with van der Waals surface area (Å²) in [5.74, 6) is -5.34. The molecule has 2 unspecified atom stereocenters. The predicted octanol–water partition coefficient (Wildman–Crippen LogP) is 3.84. The van der Waals surface area contributed by atoms with Crippen LogP contribution in [-0.2, 0) is 4.74 Å². The molecule has 3 aromatic rings. The van der Waals surface area contributed by atoms with Crippen LogP contribution < -0.4 is 21.7 Å². The number of rotatable bonds is 7. The van der Waals surface area contributed by atoms with Gasteiger partial charge < -0.3 is 26.4 Å². The molecule has 1 aliphatic rings. The standard InChI is InChI=1S/C25H30F3N9O3/c1-13-19(37-31-7-8-32-37)9-14(12-30-13)33-21-15(20(29)38)10-16(26)22(36-21)34-17-5-6-25(27,28)11-18(17)35-23(39)40-24(2,3)4/h7-10,12,17-18H,5-6,11H2,1-4H3,(H2,29,38)(H,35,39)(H2,33,34,36). The Morgan fingerprint density at radius 2 is 1.85 bits per heavy atom. The number of carbonyl (C=O) groups excluding carboxylic acids is 2. The Morgan fingerprint density at radius 1 is 1.15 bits per heavy atom. The van der Waals surface area contributed by atoms with Gasteiger partial charge >= 0.3 is 6.09 Å². The molecule has 0 radical (unpaired) electrons. The third-order valence-corrected chi connectivity index (χ3v) is 6.05. The number of anilines is 3. The van der Waals surface area contributed by atoms with Gasteiger partial charge in [-0.2, -0.15) is 10.2 Å². The number of halogens is 3. The molecule has 0 spiro atoms. The van der Waals surface area contributed by atoms with Crippen molar-refractivity contribution in [3.05, 3.63) is 47.8 Å². The fourth-order valence-corrected chi connectivity index (χ4v) is 4.24. The number of primary amides is 1. The second-order valence-electron chi connectivity index (χ2n) is 10.5. The summed E-state index contributed by atoms with van der Waals surface area (Å²) in [6, 6.07) is 0.623. The highest BCUT2D eigenvalue weighted by Gasteiger charge is 2.43. The fourth-order valence-electron chi connectivity index (χ4n) is 4.24. The van der Waals surface area contributed by atoms with Crippen molar-refractivity contribution in [1.29, 1.82) is 0 Å². The molecule has 0 aromatic carbocycles. The average molecular weight is 562 g/mol. The molecule has 40 heavy (non-hydrogen) atoms. The van der Waals surface area contributed by atoms with E-state index >= 15 is 4.39 Å². The molecule has 0 bridgehead atoms. The van der Waals surface area contributed by atoms with E-state index in [4.69, 9.17) is 10.5 Å². The summed E-state index contributed by atoms with van der Waals surface area (Å²) in [5, 5.41) is 16.4. The number of ether oxygens (including phenoxy) is 1. The van der Waals surface area contributed by atoms with Gasteiger partial charge in [0, 0.05) is 18.9 Å². The Bertz CT molecular complexity index is 1390. The molecule has 12 nitrogen and oxygen atoms in total. The van der Waals surface area contributed by atoms with Crippen molar-refractivity contribution in [3.63, 3.8) is 0 Å². The van der Waals surface area contributed by atoms with Crippen molar-refractivity contribution in [2.45, 2.75) is 70.6 Å². The molecule has 2 amide bonds. The van der Waals surface area contributed by atoms with Crippen LogP contribution in [0.25, 0.3) is 5.69 Å². The van der Waals surface area contributed by atoms with Crippen LogP contribution in [0.1, 0.15) is 56.1 Å². The summed E-state index contributed by atoms with van der Waals surface area (Å²) in [5.41, 5.74) is 5.89. The van der Waals surface area contributed by atoms with E-state index in [-0.39, 0.29) is 23.6 Å². The SMILES string of the molecule is Cc1ncc(Nc2nc(NC3CCC(F)(F)CC3NC(=O)OC(C)(C)C)c(F)cc2C(N)=O)cc1-n1nccn1. The van der Waals surface area contributed by atoms with Gasteiger partial charge in [0.15, 0.2) is 11.6 Å². The molecule has 5 N–H and O–H groups in total. The van der Waals surface area contributed by atoms with Crippen molar-refractivity contribution < 1.29 is 27.5 Å². The summed E-state index contributed by atoms with van der Waals surface area (Å²) in [6.45, 7) is 6.68. The van der Waals surface area contributed by atoms with Gasteiger partial charge in [-0.3, -0.25) is 9.78 Å². The monoisotopic (exact) mass is 561 g/mol. The molecule has 0 aliphatic heterocycles. The summed E-state index contributed by atoms with van der Waals surface area (Å²) in [7, 11) is 0. The van der Waals surface area contributed by atoms with E-state index in [2.05, 4.69) is 36.1 Å². The Morgan fingerprint density at radius 3 is 2.50 bits per heavy atom. The van der Waals surface area contributed by atoms with Crippen molar-refractivity contribution in [2.24, 2.45) is 5.73 Å². The number of alkyl halides is 2. The zero-order chi connectivity index (χ0) is 29.2. The number of amides is 2. The van der Waals surface area contributed by atoms with Crippen LogP contribution in [0.2, 0.25) is 0 Å². The van der Waals surface area contributed by atoms with Gasteiger partial charge in [0.05, 0.1) is 41.6 Å². The number of nitrogens with two attached hydrogens (primary N) is 1. The topological polar surface area (TPSA) is 162 Å². The van der Waals surface area contributed by atoms with Gasteiger partial charge in [-0.05, 0) is 46.2 Å². The van der Waals surface area contributed by atoms with E-state index < -0.39 is 54.3 Å². The van der Waals surface area contributed by atoms with Crippen LogP contribution in [0.15, 0.2) is 30.7 Å². The average Bonchev–Trinajstić information content (AvgIpc) is 3.37. The van der Waals surface area contributed by atoms with Crippen LogP contribution in [0.3, 0.4) is 0 Å². The van der Waals surface area contributed by atoms with E-state index in [1.165, 1.54) is 23.4 Å². The normalized spacial score (nSPS) is 18.6. The molecular weight excluding hydrogens is 531 g/mol. The van der Waals surface area contributed by atoms with Gasteiger partial charge in [-0.1, -0.05) is 0 Å². The van der Waals surface area contributed by atoms with E-state index in [9.17, 15) is 18.4 Å². The molecule has 0 saturated heterocycles. The van der Waals surface area contributed by atoms with Crippen LogP contribution in [0, 0.1) is 12.7 Å². The number of carbonyl (C=O) groups is 2. The first kappa shape index (κ1) is 28.6. The van der Waals surface area contributed by atoms with E-state index in [0.717, 1.165) is 6.07 Å². The Kier molecular flexibility index (Phi) is 7.84. The minimum Gasteiger partial charge on any atom is -0.444 e. The molecule has 1 aliphatic carbocycles. The summed E-state index contributed by atoms with van der Waals surface area (Å²) >= 11 is 0. The number of nitrogens with one attached hydrogen (secondary N) is 3. The lowest BCUT2D eigenvalue weighted by Gasteiger charge is -2.37. The van der Waals surface area contributed by atoms with Gasteiger partial charge in [0.1, 0.15) is 17.1 Å². The maximum Gasteiger partial charge on any atom is 0.407 e. The van der Waals surface area contributed by atoms with Gasteiger partial charge in [-0.15, -0.1) is 4.80 Å². The number of aromatic nitrogens is 5. The highest BCUT2D eigenvalue weighted by atomic mass is 19.3.